The van der Waals surface area contributed by atoms with Crippen LogP contribution < -0.4 is 14.2 Å². The SMILES string of the molecule is COc1cc(C2(C(=O)O)CC2)cc2c1OCO2. The van der Waals surface area contributed by atoms with Crippen LogP contribution in [-0.4, -0.2) is 25.0 Å². The Bertz CT molecular complexity index is 490. The highest BCUT2D eigenvalue weighted by Crippen LogP contribution is 2.53. The normalized spacial score (nSPS) is 18.9. The summed E-state index contributed by atoms with van der Waals surface area (Å²) in [6, 6.07) is 3.47. The van der Waals surface area contributed by atoms with Crippen molar-refractivity contribution in [2.24, 2.45) is 0 Å². The predicted molar refractivity (Wildman–Crippen MR) is 57.7 cm³/mol. The number of fused-ring (bicyclic) bond motifs is 1. The van der Waals surface area contributed by atoms with Crippen molar-refractivity contribution in [2.75, 3.05) is 13.9 Å². The number of ether oxygens (including phenoxy) is 3. The lowest BCUT2D eigenvalue weighted by Gasteiger charge is -2.13. The average molecular weight is 236 g/mol. The quantitative estimate of drug-likeness (QED) is 0.862. The summed E-state index contributed by atoms with van der Waals surface area (Å²) in [6.45, 7) is 0.148. The van der Waals surface area contributed by atoms with Crippen LogP contribution in [0.1, 0.15) is 18.4 Å². The Morgan fingerprint density at radius 3 is 2.76 bits per heavy atom. The maximum Gasteiger partial charge on any atom is 0.314 e. The first-order chi connectivity index (χ1) is 8.17. The van der Waals surface area contributed by atoms with Crippen LogP contribution in [0.15, 0.2) is 12.1 Å². The van der Waals surface area contributed by atoms with Crippen LogP contribution in [0.25, 0.3) is 0 Å². The first-order valence-corrected chi connectivity index (χ1v) is 5.39. The minimum Gasteiger partial charge on any atom is -0.493 e. The second-order valence-corrected chi connectivity index (χ2v) is 4.30. The second-order valence-electron chi connectivity index (χ2n) is 4.30. The topological polar surface area (TPSA) is 65.0 Å². The molecule has 1 N–H and O–H groups in total. The lowest BCUT2D eigenvalue weighted by molar-refractivity contribution is -0.140. The lowest BCUT2D eigenvalue weighted by atomic mass is 9.95. The van der Waals surface area contributed by atoms with Gasteiger partial charge < -0.3 is 19.3 Å². The monoisotopic (exact) mass is 236 g/mol. The number of aliphatic carboxylic acids is 1. The van der Waals surface area contributed by atoms with Gasteiger partial charge in [0.25, 0.3) is 0 Å². The number of carboxylic acid groups (broad SMARTS) is 1. The number of carboxylic acids is 1. The molecule has 0 atom stereocenters. The molecule has 90 valence electrons. The Morgan fingerprint density at radius 1 is 1.41 bits per heavy atom. The zero-order valence-corrected chi connectivity index (χ0v) is 9.36. The van der Waals surface area contributed by atoms with Crippen LogP contribution >= 0.6 is 0 Å². The number of hydrogen-bond acceptors (Lipinski definition) is 4. The third-order valence-electron chi connectivity index (χ3n) is 3.37. The van der Waals surface area contributed by atoms with Gasteiger partial charge in [-0.05, 0) is 30.5 Å². The molecule has 1 aromatic rings. The van der Waals surface area contributed by atoms with Crippen molar-refractivity contribution in [3.63, 3.8) is 0 Å². The molecule has 0 amide bonds. The van der Waals surface area contributed by atoms with Gasteiger partial charge >= 0.3 is 5.97 Å². The van der Waals surface area contributed by atoms with Crippen LogP contribution in [0.4, 0.5) is 0 Å². The molecule has 17 heavy (non-hydrogen) atoms. The number of benzene rings is 1. The summed E-state index contributed by atoms with van der Waals surface area (Å²) in [4.78, 5) is 11.3. The first-order valence-electron chi connectivity index (χ1n) is 5.39. The smallest absolute Gasteiger partial charge is 0.314 e. The van der Waals surface area contributed by atoms with Crippen LogP contribution in [0.3, 0.4) is 0 Å². The summed E-state index contributed by atoms with van der Waals surface area (Å²) >= 11 is 0. The Kier molecular flexibility index (Phi) is 1.98. The molecular weight excluding hydrogens is 224 g/mol. The molecule has 0 bridgehead atoms. The van der Waals surface area contributed by atoms with Gasteiger partial charge in [-0.1, -0.05) is 0 Å². The van der Waals surface area contributed by atoms with Crippen molar-refractivity contribution < 1.29 is 24.1 Å². The molecule has 3 rings (SSSR count). The van der Waals surface area contributed by atoms with Gasteiger partial charge in [-0.25, -0.2) is 0 Å². The maximum absolute atomic E-state index is 11.3. The summed E-state index contributed by atoms with van der Waals surface area (Å²) in [5.41, 5.74) is -0.0278. The van der Waals surface area contributed by atoms with Crippen molar-refractivity contribution in [3.05, 3.63) is 17.7 Å². The van der Waals surface area contributed by atoms with Crippen LogP contribution in [0, 0.1) is 0 Å². The van der Waals surface area contributed by atoms with E-state index in [9.17, 15) is 9.90 Å². The van der Waals surface area contributed by atoms with Crippen LogP contribution in [0.2, 0.25) is 0 Å². The summed E-state index contributed by atoms with van der Waals surface area (Å²) in [7, 11) is 1.53. The molecule has 1 aliphatic carbocycles. The molecule has 2 aliphatic rings. The molecular formula is C12H12O5. The van der Waals surface area contributed by atoms with E-state index in [-0.39, 0.29) is 6.79 Å². The number of rotatable bonds is 3. The minimum absolute atomic E-state index is 0.148. The van der Waals surface area contributed by atoms with E-state index >= 15 is 0 Å². The molecule has 5 nitrogen and oxygen atoms in total. The van der Waals surface area contributed by atoms with Gasteiger partial charge in [0.05, 0.1) is 12.5 Å². The third kappa shape index (κ3) is 1.35. The van der Waals surface area contributed by atoms with Gasteiger partial charge in [0.1, 0.15) is 0 Å². The Hall–Kier alpha value is -1.91. The summed E-state index contributed by atoms with van der Waals surface area (Å²) in [6.07, 6.45) is 1.32. The third-order valence-corrected chi connectivity index (χ3v) is 3.37. The zero-order valence-electron chi connectivity index (χ0n) is 9.36. The fourth-order valence-corrected chi connectivity index (χ4v) is 2.16. The largest absolute Gasteiger partial charge is 0.493 e. The van der Waals surface area contributed by atoms with E-state index in [4.69, 9.17) is 14.2 Å². The molecule has 0 aromatic heterocycles. The van der Waals surface area contributed by atoms with E-state index in [0.717, 1.165) is 5.56 Å². The van der Waals surface area contributed by atoms with E-state index < -0.39 is 11.4 Å². The molecule has 1 heterocycles. The molecule has 5 heteroatoms. The molecule has 0 radical (unpaired) electrons. The number of hydrogen-bond donors (Lipinski definition) is 1. The standard InChI is InChI=1S/C12H12O5/c1-15-8-4-7(12(2-3-12)11(13)14)5-9-10(8)17-6-16-9/h4-5H,2-3,6H2,1H3,(H,13,14). The highest BCUT2D eigenvalue weighted by Gasteiger charge is 2.52. The summed E-state index contributed by atoms with van der Waals surface area (Å²) in [5, 5.41) is 9.26. The van der Waals surface area contributed by atoms with Gasteiger partial charge in [-0.15, -0.1) is 0 Å². The van der Waals surface area contributed by atoms with E-state index in [1.807, 2.05) is 0 Å². The lowest BCUT2D eigenvalue weighted by Crippen LogP contribution is -2.19. The van der Waals surface area contributed by atoms with E-state index in [0.29, 0.717) is 30.1 Å². The molecule has 0 spiro atoms. The fraction of sp³-hybridized carbons (Fsp3) is 0.417. The summed E-state index contributed by atoms with van der Waals surface area (Å²) in [5.74, 6) is 0.852. The maximum atomic E-state index is 11.3. The fourth-order valence-electron chi connectivity index (χ4n) is 2.16. The van der Waals surface area contributed by atoms with Gasteiger partial charge in [0.2, 0.25) is 12.5 Å². The van der Waals surface area contributed by atoms with Crippen molar-refractivity contribution in [1.82, 2.24) is 0 Å². The van der Waals surface area contributed by atoms with E-state index in [2.05, 4.69) is 0 Å². The van der Waals surface area contributed by atoms with Gasteiger partial charge in [-0.2, -0.15) is 0 Å². The highest BCUT2D eigenvalue weighted by atomic mass is 16.7. The second kappa shape index (κ2) is 3.29. The average Bonchev–Trinajstić information content (AvgIpc) is 3.01. The zero-order chi connectivity index (χ0) is 12.0. The number of methoxy groups -OCH3 is 1. The van der Waals surface area contributed by atoms with Crippen molar-refractivity contribution >= 4 is 5.97 Å². The van der Waals surface area contributed by atoms with Crippen molar-refractivity contribution in [3.8, 4) is 17.2 Å². The minimum atomic E-state index is -0.793. The van der Waals surface area contributed by atoms with Crippen LogP contribution in [-0.2, 0) is 10.2 Å². The Balaban J connectivity index is 2.11. The van der Waals surface area contributed by atoms with E-state index in [1.54, 1.807) is 12.1 Å². The molecule has 0 unspecified atom stereocenters. The Labute approximate surface area is 97.9 Å². The molecule has 1 fully saturated rings. The predicted octanol–water partition coefficient (Wildman–Crippen LogP) is 1.54. The highest BCUT2D eigenvalue weighted by molar-refractivity contribution is 5.85. The molecule has 1 saturated carbocycles. The molecule has 1 aliphatic heterocycles. The van der Waals surface area contributed by atoms with Gasteiger partial charge in [-0.3, -0.25) is 4.79 Å². The summed E-state index contributed by atoms with van der Waals surface area (Å²) < 4.78 is 15.8. The van der Waals surface area contributed by atoms with E-state index in [1.165, 1.54) is 7.11 Å². The van der Waals surface area contributed by atoms with Crippen molar-refractivity contribution in [2.45, 2.75) is 18.3 Å². The van der Waals surface area contributed by atoms with Gasteiger partial charge in [0, 0.05) is 0 Å². The molecule has 1 aromatic carbocycles. The van der Waals surface area contributed by atoms with Crippen molar-refractivity contribution in [1.29, 1.82) is 0 Å². The Morgan fingerprint density at radius 2 is 2.18 bits per heavy atom. The van der Waals surface area contributed by atoms with Gasteiger partial charge in [0.15, 0.2) is 11.5 Å². The van der Waals surface area contributed by atoms with Crippen LogP contribution in [0.5, 0.6) is 17.2 Å². The number of carbonyl (C=O) groups is 1. The molecule has 0 saturated heterocycles. The first kappa shape index (κ1) is 10.3.